The summed E-state index contributed by atoms with van der Waals surface area (Å²) in [6.45, 7) is 12.0. The molecule has 2 aromatic carbocycles. The summed E-state index contributed by atoms with van der Waals surface area (Å²) >= 11 is 0. The van der Waals surface area contributed by atoms with Gasteiger partial charge in [-0.2, -0.15) is 15.2 Å². The van der Waals surface area contributed by atoms with Gasteiger partial charge in [-0.3, -0.25) is 4.79 Å². The molecule has 1 N–H and O–H groups in total. The Labute approximate surface area is 260 Å². The minimum absolute atomic E-state index is 0.0998. The van der Waals surface area contributed by atoms with Crippen LogP contribution in [0.3, 0.4) is 0 Å². The molecule has 10 heteroatoms. The molecule has 0 spiro atoms. The van der Waals surface area contributed by atoms with Crippen molar-refractivity contribution >= 4 is 28.2 Å². The van der Waals surface area contributed by atoms with E-state index in [0.717, 1.165) is 85.6 Å². The molecule has 232 valence electrons. The maximum atomic E-state index is 12.8. The van der Waals surface area contributed by atoms with Crippen LogP contribution in [0.2, 0.25) is 0 Å². The number of ether oxygens (including phenoxy) is 2. The lowest BCUT2D eigenvalue weighted by atomic mass is 9.97. The number of carbonyl (C=O) groups excluding carboxylic acids is 1. The zero-order valence-corrected chi connectivity index (χ0v) is 26.3. The third kappa shape index (κ3) is 6.59. The number of benzene rings is 2. The SMILES string of the molecule is CN1CC[C@@H](COc2nc3c(c(N4CCNC(CC#N)C4)n2)CCN(c2cc(OC(=O)C(C)(C)C)cc4ccccc24)C3)C1. The van der Waals surface area contributed by atoms with Gasteiger partial charge in [0.25, 0.3) is 0 Å². The van der Waals surface area contributed by atoms with Crippen LogP contribution in [0, 0.1) is 22.7 Å². The summed E-state index contributed by atoms with van der Waals surface area (Å²) in [6, 6.07) is 15.0. The predicted molar refractivity (Wildman–Crippen MR) is 171 cm³/mol. The maximum absolute atomic E-state index is 12.8. The average Bonchev–Trinajstić information content (AvgIpc) is 3.43. The number of nitrogens with zero attached hydrogens (tertiary/aromatic N) is 6. The number of aromatic nitrogens is 2. The number of hydrogen-bond donors (Lipinski definition) is 1. The van der Waals surface area contributed by atoms with E-state index >= 15 is 0 Å². The first-order chi connectivity index (χ1) is 21.2. The highest BCUT2D eigenvalue weighted by Crippen LogP contribution is 2.37. The van der Waals surface area contributed by atoms with Gasteiger partial charge in [0.05, 0.1) is 36.8 Å². The van der Waals surface area contributed by atoms with Gasteiger partial charge in [-0.1, -0.05) is 24.3 Å². The molecule has 3 aromatic rings. The Balaban J connectivity index is 1.33. The van der Waals surface area contributed by atoms with Crippen LogP contribution in [0.1, 0.15) is 44.9 Å². The van der Waals surface area contributed by atoms with Gasteiger partial charge in [-0.15, -0.1) is 0 Å². The summed E-state index contributed by atoms with van der Waals surface area (Å²) in [5, 5.41) is 14.9. The first-order valence-corrected chi connectivity index (χ1v) is 15.7. The molecule has 0 aliphatic carbocycles. The number of fused-ring (bicyclic) bond motifs is 2. The van der Waals surface area contributed by atoms with Crippen molar-refractivity contribution in [2.75, 3.05) is 62.7 Å². The van der Waals surface area contributed by atoms with E-state index in [-0.39, 0.29) is 12.0 Å². The topological polar surface area (TPSA) is 107 Å². The van der Waals surface area contributed by atoms with Gasteiger partial charge in [0, 0.05) is 67.4 Å². The molecule has 0 amide bonds. The van der Waals surface area contributed by atoms with Crippen LogP contribution in [0.5, 0.6) is 11.8 Å². The molecule has 3 aliphatic heterocycles. The van der Waals surface area contributed by atoms with Gasteiger partial charge >= 0.3 is 12.0 Å². The number of piperazine rings is 1. The Bertz CT molecular complexity index is 1560. The Morgan fingerprint density at radius 1 is 1.11 bits per heavy atom. The summed E-state index contributed by atoms with van der Waals surface area (Å²) in [6.07, 6.45) is 2.34. The van der Waals surface area contributed by atoms with Crippen molar-refractivity contribution in [1.82, 2.24) is 20.2 Å². The molecule has 44 heavy (non-hydrogen) atoms. The quantitative estimate of drug-likeness (QED) is 0.315. The fourth-order valence-corrected chi connectivity index (χ4v) is 6.38. The largest absolute Gasteiger partial charge is 0.463 e. The highest BCUT2D eigenvalue weighted by molar-refractivity contribution is 5.96. The molecular formula is C34H43N7O3. The van der Waals surface area contributed by atoms with Crippen LogP contribution in [0.4, 0.5) is 11.5 Å². The number of carbonyl (C=O) groups is 1. The first-order valence-electron chi connectivity index (χ1n) is 15.7. The summed E-state index contributed by atoms with van der Waals surface area (Å²) < 4.78 is 12.2. The molecule has 0 radical (unpaired) electrons. The molecule has 3 aliphatic rings. The minimum Gasteiger partial charge on any atom is -0.463 e. The molecule has 10 nitrogen and oxygen atoms in total. The maximum Gasteiger partial charge on any atom is 0.318 e. The van der Waals surface area contributed by atoms with Crippen molar-refractivity contribution in [2.24, 2.45) is 11.3 Å². The molecule has 4 heterocycles. The standard InChI is InChI=1S/C34H43N7O3/c1-34(2,3)32(42)44-26-17-24-7-5-6-8-27(24)30(18-26)40-15-11-28-29(21-40)37-33(43-22-23-10-14-39(4)19-23)38-31(28)41-16-13-36-25(20-41)9-12-35/h5-8,17-18,23,25,36H,9-11,13-16,19-22H2,1-4H3/t23-,25?/m1/s1. The van der Waals surface area contributed by atoms with E-state index in [0.29, 0.717) is 37.3 Å². The molecule has 2 fully saturated rings. The number of rotatable bonds is 7. The highest BCUT2D eigenvalue weighted by Gasteiger charge is 2.30. The molecule has 1 unspecified atom stereocenters. The van der Waals surface area contributed by atoms with E-state index in [1.165, 1.54) is 0 Å². The number of nitrogens with one attached hydrogen (secondary N) is 1. The predicted octanol–water partition coefficient (Wildman–Crippen LogP) is 4.17. The second-order valence-corrected chi connectivity index (χ2v) is 13.4. The minimum atomic E-state index is -0.607. The smallest absolute Gasteiger partial charge is 0.318 e. The van der Waals surface area contributed by atoms with E-state index in [1.807, 2.05) is 45.0 Å². The lowest BCUT2D eigenvalue weighted by Crippen LogP contribution is -2.51. The Kier molecular flexibility index (Phi) is 8.61. The number of likely N-dealkylation sites (tertiary alicyclic amines) is 1. The van der Waals surface area contributed by atoms with Crippen molar-refractivity contribution in [1.29, 1.82) is 5.26 Å². The van der Waals surface area contributed by atoms with Crippen LogP contribution in [0.25, 0.3) is 10.8 Å². The van der Waals surface area contributed by atoms with E-state index in [1.54, 1.807) is 0 Å². The molecule has 1 aromatic heterocycles. The van der Waals surface area contributed by atoms with Gasteiger partial charge in [0.2, 0.25) is 0 Å². The lowest BCUT2D eigenvalue weighted by Gasteiger charge is -2.37. The average molecular weight is 598 g/mol. The summed E-state index contributed by atoms with van der Waals surface area (Å²) in [5.74, 6) is 1.67. The van der Waals surface area contributed by atoms with Crippen LogP contribution in [0.15, 0.2) is 36.4 Å². The lowest BCUT2D eigenvalue weighted by molar-refractivity contribution is -0.142. The van der Waals surface area contributed by atoms with Crippen molar-refractivity contribution in [3.8, 4) is 17.8 Å². The van der Waals surface area contributed by atoms with Gasteiger partial charge in [0.1, 0.15) is 11.6 Å². The molecule has 2 saturated heterocycles. The second-order valence-electron chi connectivity index (χ2n) is 13.4. The van der Waals surface area contributed by atoms with Gasteiger partial charge in [-0.05, 0) is 58.7 Å². The number of nitriles is 1. The van der Waals surface area contributed by atoms with Gasteiger partial charge < -0.3 is 29.5 Å². The van der Waals surface area contributed by atoms with Crippen molar-refractivity contribution in [2.45, 2.75) is 52.6 Å². The van der Waals surface area contributed by atoms with Crippen LogP contribution >= 0.6 is 0 Å². The zero-order valence-electron chi connectivity index (χ0n) is 26.3. The van der Waals surface area contributed by atoms with E-state index < -0.39 is 5.41 Å². The summed E-state index contributed by atoms with van der Waals surface area (Å²) in [4.78, 5) is 29.7. The Morgan fingerprint density at radius 3 is 2.73 bits per heavy atom. The van der Waals surface area contributed by atoms with Crippen molar-refractivity contribution in [3.05, 3.63) is 47.7 Å². The third-order valence-electron chi connectivity index (χ3n) is 8.83. The number of hydrogen-bond acceptors (Lipinski definition) is 10. The molecule has 6 rings (SSSR count). The van der Waals surface area contributed by atoms with Gasteiger partial charge in [0.15, 0.2) is 0 Å². The van der Waals surface area contributed by atoms with E-state index in [2.05, 4.69) is 45.3 Å². The summed E-state index contributed by atoms with van der Waals surface area (Å²) in [5.41, 5.74) is 2.50. The first kappa shape index (κ1) is 30.1. The Hall–Kier alpha value is -3.94. The molecule has 0 bridgehead atoms. The van der Waals surface area contributed by atoms with E-state index in [4.69, 9.17) is 19.4 Å². The Morgan fingerprint density at radius 2 is 1.95 bits per heavy atom. The molecule has 0 saturated carbocycles. The van der Waals surface area contributed by atoms with E-state index in [9.17, 15) is 10.1 Å². The van der Waals surface area contributed by atoms with Crippen LogP contribution in [-0.4, -0.2) is 79.8 Å². The number of esters is 1. The van der Waals surface area contributed by atoms with Crippen molar-refractivity contribution in [3.63, 3.8) is 0 Å². The zero-order chi connectivity index (χ0) is 30.8. The third-order valence-corrected chi connectivity index (χ3v) is 8.83. The fourth-order valence-electron chi connectivity index (χ4n) is 6.38. The monoisotopic (exact) mass is 597 g/mol. The van der Waals surface area contributed by atoms with Crippen LogP contribution < -0.4 is 24.6 Å². The van der Waals surface area contributed by atoms with Gasteiger partial charge in [-0.25, -0.2) is 0 Å². The normalized spacial score (nSPS) is 20.8. The second kappa shape index (κ2) is 12.6. The highest BCUT2D eigenvalue weighted by atomic mass is 16.5. The molecular weight excluding hydrogens is 554 g/mol. The fraction of sp³-hybridized carbons (Fsp3) is 0.529. The number of anilines is 2. The van der Waals surface area contributed by atoms with Crippen molar-refractivity contribution < 1.29 is 14.3 Å². The molecule has 2 atom stereocenters. The summed E-state index contributed by atoms with van der Waals surface area (Å²) in [7, 11) is 2.15. The van der Waals surface area contributed by atoms with Crippen LogP contribution in [-0.2, 0) is 17.8 Å².